The second kappa shape index (κ2) is 25.2. The molecule has 2 aromatic rings. The number of anilines is 1. The highest BCUT2D eigenvalue weighted by atomic mass is 32.2. The highest BCUT2D eigenvalue weighted by Gasteiger charge is 2.24. The second-order valence-electron chi connectivity index (χ2n) is 11.9. The molecule has 1 unspecified atom stereocenters. The summed E-state index contributed by atoms with van der Waals surface area (Å²) in [6.07, 6.45) is 19.5. The average Bonchev–Trinajstić information content (AvgIpc) is 3.49. The van der Waals surface area contributed by atoms with Crippen LogP contribution in [0.5, 0.6) is 0 Å². The van der Waals surface area contributed by atoms with Crippen LogP contribution < -0.4 is 4.90 Å². The SMILES string of the molecule is CCCCCCCCCCOC(=O)OCCCOC(OC(=O)OCCCCCCCCCC)n1cnc2c(SC)nc(N(C)C)nc21. The molecule has 0 bridgehead atoms. The van der Waals surface area contributed by atoms with Crippen LogP contribution in [-0.2, 0) is 23.7 Å². The molecule has 0 amide bonds. The lowest BCUT2D eigenvalue weighted by Crippen LogP contribution is -2.22. The van der Waals surface area contributed by atoms with Crippen LogP contribution in [-0.4, -0.2) is 78.6 Å². The van der Waals surface area contributed by atoms with Crippen molar-refractivity contribution in [2.75, 3.05) is 51.7 Å². The van der Waals surface area contributed by atoms with Crippen molar-refractivity contribution in [2.45, 2.75) is 134 Å². The van der Waals surface area contributed by atoms with Crippen molar-refractivity contribution in [3.05, 3.63) is 6.33 Å². The molecule has 47 heavy (non-hydrogen) atoms. The van der Waals surface area contributed by atoms with Gasteiger partial charge in [-0.05, 0) is 19.1 Å². The minimum atomic E-state index is -1.19. The third-order valence-corrected chi connectivity index (χ3v) is 8.27. The lowest BCUT2D eigenvalue weighted by atomic mass is 10.1. The number of fused-ring (bicyclic) bond motifs is 1. The number of imidazole rings is 1. The number of carbonyl (C=O) groups excluding carboxylic acids is 2. The van der Waals surface area contributed by atoms with E-state index in [0.29, 0.717) is 35.2 Å². The molecule has 0 fully saturated rings. The van der Waals surface area contributed by atoms with E-state index in [1.165, 1.54) is 82.3 Å². The Morgan fingerprint density at radius 1 is 0.723 bits per heavy atom. The average molecular weight is 682 g/mol. The smallest absolute Gasteiger partial charge is 0.434 e. The lowest BCUT2D eigenvalue weighted by Gasteiger charge is -2.20. The highest BCUT2D eigenvalue weighted by Crippen LogP contribution is 2.27. The van der Waals surface area contributed by atoms with Gasteiger partial charge in [0.15, 0.2) is 5.65 Å². The van der Waals surface area contributed by atoms with E-state index in [2.05, 4.69) is 28.8 Å². The number of aromatic nitrogens is 4. The quantitative estimate of drug-likeness (QED) is 0.0293. The summed E-state index contributed by atoms with van der Waals surface area (Å²) in [7, 11) is 3.69. The number of thioether (sulfide) groups is 1. The summed E-state index contributed by atoms with van der Waals surface area (Å²) in [4.78, 5) is 40.1. The maximum absolute atomic E-state index is 12.7. The van der Waals surface area contributed by atoms with Crippen LogP contribution in [0.15, 0.2) is 11.4 Å². The van der Waals surface area contributed by atoms with Gasteiger partial charge in [0.1, 0.15) is 16.9 Å². The molecule has 2 rings (SSSR count). The highest BCUT2D eigenvalue weighted by molar-refractivity contribution is 7.98. The van der Waals surface area contributed by atoms with Crippen molar-refractivity contribution in [3.8, 4) is 0 Å². The fourth-order valence-corrected chi connectivity index (χ4v) is 5.40. The van der Waals surface area contributed by atoms with E-state index in [1.807, 2.05) is 20.4 Å². The lowest BCUT2D eigenvalue weighted by molar-refractivity contribution is -0.168. The molecule has 0 aromatic carbocycles. The van der Waals surface area contributed by atoms with Crippen LogP contribution in [0.4, 0.5) is 15.5 Å². The number of hydrogen-bond acceptors (Lipinski definition) is 12. The number of carbonyl (C=O) groups is 2. The zero-order valence-electron chi connectivity index (χ0n) is 29.5. The molecule has 2 heterocycles. The molecule has 0 saturated heterocycles. The molecular formula is C34H59N5O7S. The first-order valence-electron chi connectivity index (χ1n) is 17.6. The molecule has 0 radical (unpaired) electrons. The van der Waals surface area contributed by atoms with Gasteiger partial charge in [-0.1, -0.05) is 104 Å². The summed E-state index contributed by atoms with van der Waals surface area (Å²) >= 11 is 1.44. The maximum atomic E-state index is 12.7. The van der Waals surface area contributed by atoms with Gasteiger partial charge in [0.25, 0.3) is 6.41 Å². The van der Waals surface area contributed by atoms with Crippen molar-refractivity contribution in [3.63, 3.8) is 0 Å². The normalized spacial score (nSPS) is 11.9. The van der Waals surface area contributed by atoms with E-state index in [1.54, 1.807) is 9.47 Å². The predicted molar refractivity (Wildman–Crippen MR) is 186 cm³/mol. The molecular weight excluding hydrogens is 622 g/mol. The van der Waals surface area contributed by atoms with Gasteiger partial charge in [0.05, 0.1) is 26.4 Å². The molecule has 13 heteroatoms. The number of rotatable bonds is 27. The van der Waals surface area contributed by atoms with Gasteiger partial charge in [-0.2, -0.15) is 4.98 Å². The van der Waals surface area contributed by atoms with Crippen molar-refractivity contribution in [2.24, 2.45) is 0 Å². The fourth-order valence-electron chi connectivity index (χ4n) is 4.89. The molecule has 12 nitrogen and oxygen atoms in total. The summed E-state index contributed by atoms with van der Waals surface area (Å²) in [5.74, 6) is 0.485. The van der Waals surface area contributed by atoms with Crippen molar-refractivity contribution in [1.29, 1.82) is 0 Å². The Kier molecular flexibility index (Phi) is 21.7. The first-order valence-corrected chi connectivity index (χ1v) is 18.8. The molecule has 0 aliphatic heterocycles. The molecule has 1 atom stereocenters. The van der Waals surface area contributed by atoms with Gasteiger partial charge >= 0.3 is 12.3 Å². The van der Waals surface area contributed by atoms with Gasteiger partial charge < -0.3 is 28.6 Å². The van der Waals surface area contributed by atoms with Crippen LogP contribution in [0.3, 0.4) is 0 Å². The van der Waals surface area contributed by atoms with Gasteiger partial charge in [-0.25, -0.2) is 19.6 Å². The van der Waals surface area contributed by atoms with E-state index < -0.39 is 18.7 Å². The third kappa shape index (κ3) is 16.7. The van der Waals surface area contributed by atoms with Gasteiger partial charge in [-0.3, -0.25) is 4.57 Å². The van der Waals surface area contributed by atoms with Crippen LogP contribution in [0.2, 0.25) is 0 Å². The monoisotopic (exact) mass is 681 g/mol. The minimum absolute atomic E-state index is 0.0973. The van der Waals surface area contributed by atoms with E-state index in [4.69, 9.17) is 23.7 Å². The van der Waals surface area contributed by atoms with E-state index in [0.717, 1.165) is 38.5 Å². The number of hydrogen-bond donors (Lipinski definition) is 0. The van der Waals surface area contributed by atoms with E-state index >= 15 is 0 Å². The Morgan fingerprint density at radius 3 is 1.77 bits per heavy atom. The summed E-state index contributed by atoms with van der Waals surface area (Å²) in [5.41, 5.74) is 1.02. The molecule has 0 spiro atoms. The van der Waals surface area contributed by atoms with Crippen molar-refractivity contribution >= 4 is 41.2 Å². The standard InChI is InChI=1S/C34H59N5O7S/c1-6-8-10-12-14-16-18-20-23-43-33(40)44-26-22-25-42-32(46-34(41)45-24-21-19-17-15-13-11-9-7-2)39-27-35-28-29(39)36-31(38(3)4)37-30(28)47-5/h27,32H,6-26H2,1-5H3. The Balaban J connectivity index is 1.85. The topological polar surface area (TPSA) is 127 Å². The molecule has 2 aromatic heterocycles. The Bertz CT molecular complexity index is 1130. The van der Waals surface area contributed by atoms with Crippen LogP contribution >= 0.6 is 11.8 Å². The van der Waals surface area contributed by atoms with E-state index in [-0.39, 0.29) is 19.8 Å². The third-order valence-electron chi connectivity index (χ3n) is 7.60. The number of ether oxygens (including phenoxy) is 5. The van der Waals surface area contributed by atoms with E-state index in [9.17, 15) is 9.59 Å². The molecule has 0 aliphatic rings. The fraction of sp³-hybridized carbons (Fsp3) is 0.794. The largest absolute Gasteiger partial charge is 0.512 e. The minimum Gasteiger partial charge on any atom is -0.434 e. The maximum Gasteiger partial charge on any atom is 0.512 e. The summed E-state index contributed by atoms with van der Waals surface area (Å²) in [5, 5.41) is 0.687. The van der Waals surface area contributed by atoms with Gasteiger partial charge in [-0.15, -0.1) is 11.8 Å². The molecule has 268 valence electrons. The molecule has 0 saturated carbocycles. The second-order valence-corrected chi connectivity index (χ2v) is 12.7. The zero-order valence-corrected chi connectivity index (χ0v) is 30.3. The van der Waals surface area contributed by atoms with Gasteiger partial charge in [0, 0.05) is 20.5 Å². The van der Waals surface area contributed by atoms with Crippen molar-refractivity contribution < 1.29 is 33.3 Å². The van der Waals surface area contributed by atoms with Crippen molar-refractivity contribution in [1.82, 2.24) is 19.5 Å². The number of unbranched alkanes of at least 4 members (excludes halogenated alkanes) is 14. The van der Waals surface area contributed by atoms with Crippen LogP contribution in [0.1, 0.15) is 129 Å². The Hall–Kier alpha value is -2.80. The Morgan fingerprint density at radius 2 is 1.23 bits per heavy atom. The predicted octanol–water partition coefficient (Wildman–Crippen LogP) is 9.06. The Labute approximate surface area is 286 Å². The van der Waals surface area contributed by atoms with Crippen LogP contribution in [0.25, 0.3) is 11.2 Å². The zero-order chi connectivity index (χ0) is 34.1. The summed E-state index contributed by atoms with van der Waals surface area (Å²) in [6, 6.07) is 0. The molecule has 0 aliphatic carbocycles. The summed E-state index contributed by atoms with van der Waals surface area (Å²) in [6.45, 7) is 5.27. The van der Waals surface area contributed by atoms with Gasteiger partial charge in [0.2, 0.25) is 5.95 Å². The first kappa shape index (κ1) is 40.4. The number of nitrogens with zero attached hydrogens (tertiary/aromatic N) is 5. The van der Waals surface area contributed by atoms with Crippen LogP contribution in [0, 0.1) is 0 Å². The summed E-state index contributed by atoms with van der Waals surface area (Å²) < 4.78 is 28.9. The molecule has 0 N–H and O–H groups in total. The first-order chi connectivity index (χ1) is 22.9.